The lowest BCUT2D eigenvalue weighted by Gasteiger charge is -2.22. The van der Waals surface area contributed by atoms with Gasteiger partial charge in [-0.3, -0.25) is 9.59 Å². The van der Waals surface area contributed by atoms with Crippen LogP contribution in [0.25, 0.3) is 0 Å². The Morgan fingerprint density at radius 3 is 2.63 bits per heavy atom. The van der Waals surface area contributed by atoms with Crippen molar-refractivity contribution in [2.75, 3.05) is 0 Å². The van der Waals surface area contributed by atoms with E-state index in [0.717, 1.165) is 0 Å². The third-order valence-corrected chi connectivity index (χ3v) is 2.38. The quantitative estimate of drug-likeness (QED) is 0.634. The minimum atomic E-state index is -0.803. The molecule has 104 valence electrons. The van der Waals surface area contributed by atoms with Crippen molar-refractivity contribution < 1.29 is 19.4 Å². The smallest absolute Gasteiger partial charge is 0.323 e. The van der Waals surface area contributed by atoms with Gasteiger partial charge in [-0.2, -0.15) is 0 Å². The molecule has 0 saturated heterocycles. The molecule has 1 aromatic rings. The lowest BCUT2D eigenvalue weighted by Crippen LogP contribution is -2.38. The number of hydrogen-bond acceptors (Lipinski definition) is 5. The first-order valence-corrected chi connectivity index (χ1v) is 5.98. The largest absolute Gasteiger partial charge is 0.507 e. The highest BCUT2D eigenvalue weighted by Crippen LogP contribution is 2.18. The van der Waals surface area contributed by atoms with E-state index in [9.17, 15) is 14.7 Å². The molecule has 0 saturated carbocycles. The van der Waals surface area contributed by atoms with Crippen LogP contribution in [0.1, 0.15) is 36.7 Å². The van der Waals surface area contributed by atoms with Gasteiger partial charge < -0.3 is 15.6 Å². The van der Waals surface area contributed by atoms with Crippen LogP contribution in [0.4, 0.5) is 0 Å². The molecule has 1 aromatic carbocycles. The first kappa shape index (κ1) is 15.2. The number of phenols is 1. The van der Waals surface area contributed by atoms with Gasteiger partial charge in [-0.1, -0.05) is 6.07 Å². The average Bonchev–Trinajstić information content (AvgIpc) is 2.29. The van der Waals surface area contributed by atoms with E-state index in [0.29, 0.717) is 11.8 Å². The Labute approximate surface area is 112 Å². The van der Waals surface area contributed by atoms with Crippen molar-refractivity contribution in [1.82, 2.24) is 0 Å². The Kier molecular flexibility index (Phi) is 4.67. The van der Waals surface area contributed by atoms with Crippen LogP contribution in [0.5, 0.6) is 5.75 Å². The Bertz CT molecular complexity index is 477. The molecule has 1 atom stereocenters. The van der Waals surface area contributed by atoms with Crippen LogP contribution >= 0.6 is 0 Å². The summed E-state index contributed by atoms with van der Waals surface area (Å²) < 4.78 is 5.17. The predicted octanol–water partition coefficient (Wildman–Crippen LogP) is 1.42. The summed E-state index contributed by atoms with van der Waals surface area (Å²) in [7, 11) is 0. The van der Waals surface area contributed by atoms with Crippen LogP contribution in [-0.4, -0.2) is 29.0 Å². The van der Waals surface area contributed by atoms with Gasteiger partial charge in [0.1, 0.15) is 17.4 Å². The van der Waals surface area contributed by atoms with E-state index >= 15 is 0 Å². The highest BCUT2D eigenvalue weighted by atomic mass is 16.6. The molecule has 5 nitrogen and oxygen atoms in total. The second-order valence-electron chi connectivity index (χ2n) is 5.36. The van der Waals surface area contributed by atoms with E-state index in [1.165, 1.54) is 12.1 Å². The molecule has 0 amide bonds. The monoisotopic (exact) mass is 265 g/mol. The van der Waals surface area contributed by atoms with Crippen molar-refractivity contribution in [3.05, 3.63) is 29.3 Å². The predicted molar refractivity (Wildman–Crippen MR) is 71.0 cm³/mol. The third-order valence-electron chi connectivity index (χ3n) is 2.38. The van der Waals surface area contributed by atoms with E-state index in [-0.39, 0.29) is 17.7 Å². The molecule has 0 unspecified atom stereocenters. The highest BCUT2D eigenvalue weighted by Gasteiger charge is 2.22. The summed E-state index contributed by atoms with van der Waals surface area (Å²) in [4.78, 5) is 22.4. The molecule has 1 rings (SSSR count). The van der Waals surface area contributed by atoms with E-state index in [1.54, 1.807) is 26.8 Å². The molecule has 0 aliphatic rings. The summed E-state index contributed by atoms with van der Waals surface area (Å²) in [5, 5.41) is 9.38. The van der Waals surface area contributed by atoms with Crippen LogP contribution in [-0.2, 0) is 16.0 Å². The zero-order chi connectivity index (χ0) is 14.6. The van der Waals surface area contributed by atoms with Crippen molar-refractivity contribution in [2.24, 2.45) is 5.73 Å². The maximum Gasteiger partial charge on any atom is 0.323 e. The first-order chi connectivity index (χ1) is 8.73. The number of nitrogens with two attached hydrogens (primary N) is 1. The zero-order valence-electron chi connectivity index (χ0n) is 11.3. The summed E-state index contributed by atoms with van der Waals surface area (Å²) in [5.41, 5.74) is 6.04. The Balaban J connectivity index is 2.74. The number of benzene rings is 1. The molecular weight excluding hydrogens is 246 g/mol. The van der Waals surface area contributed by atoms with Gasteiger partial charge in [0.2, 0.25) is 0 Å². The van der Waals surface area contributed by atoms with Crippen molar-refractivity contribution in [3.63, 3.8) is 0 Å². The topological polar surface area (TPSA) is 89.6 Å². The molecule has 19 heavy (non-hydrogen) atoms. The molecule has 0 aliphatic carbocycles. The van der Waals surface area contributed by atoms with E-state index in [1.807, 2.05) is 0 Å². The molecule has 5 heteroatoms. The lowest BCUT2D eigenvalue weighted by molar-refractivity contribution is -0.156. The molecular formula is C14H19NO4. The lowest BCUT2D eigenvalue weighted by atomic mass is 10.0. The standard InChI is InChI=1S/C14H19NO4/c1-14(2,3)19-13(18)11(15)7-9-4-5-12(17)10(6-9)8-16/h4-6,8,11,17H,7,15H2,1-3H3/t11-/m0/s1. The minimum absolute atomic E-state index is 0.0930. The number of aromatic hydroxyl groups is 1. The normalized spacial score (nSPS) is 12.8. The summed E-state index contributed by atoms with van der Waals surface area (Å²) >= 11 is 0. The van der Waals surface area contributed by atoms with Gasteiger partial charge in [0.15, 0.2) is 6.29 Å². The minimum Gasteiger partial charge on any atom is -0.507 e. The average molecular weight is 265 g/mol. The summed E-state index contributed by atoms with van der Waals surface area (Å²) in [5.74, 6) is -0.585. The van der Waals surface area contributed by atoms with Gasteiger partial charge in [0, 0.05) is 0 Å². The van der Waals surface area contributed by atoms with Crippen molar-refractivity contribution in [2.45, 2.75) is 38.8 Å². The van der Waals surface area contributed by atoms with E-state index in [4.69, 9.17) is 10.5 Å². The fraction of sp³-hybridized carbons (Fsp3) is 0.429. The first-order valence-electron chi connectivity index (χ1n) is 5.98. The third kappa shape index (κ3) is 4.71. The number of hydrogen-bond donors (Lipinski definition) is 2. The number of esters is 1. The number of phenolic OH excluding ortho intramolecular Hbond substituents is 1. The number of rotatable bonds is 4. The van der Waals surface area contributed by atoms with Gasteiger partial charge in [-0.15, -0.1) is 0 Å². The fourth-order valence-electron chi connectivity index (χ4n) is 1.54. The zero-order valence-corrected chi connectivity index (χ0v) is 11.3. The number of ether oxygens (including phenoxy) is 1. The summed E-state index contributed by atoms with van der Waals surface area (Å²) in [6.07, 6.45) is 0.799. The van der Waals surface area contributed by atoms with Crippen molar-refractivity contribution in [3.8, 4) is 5.75 Å². The number of carbonyl (C=O) groups excluding carboxylic acids is 2. The second kappa shape index (κ2) is 5.84. The van der Waals surface area contributed by atoms with E-state index < -0.39 is 17.6 Å². The van der Waals surface area contributed by atoms with Crippen LogP contribution in [0.2, 0.25) is 0 Å². The highest BCUT2D eigenvalue weighted by molar-refractivity contribution is 5.80. The Morgan fingerprint density at radius 1 is 1.47 bits per heavy atom. The summed E-state index contributed by atoms with van der Waals surface area (Å²) in [6, 6.07) is 3.73. The molecule has 3 N–H and O–H groups in total. The fourth-order valence-corrected chi connectivity index (χ4v) is 1.54. The molecule has 0 bridgehead atoms. The molecule has 0 aromatic heterocycles. The van der Waals surface area contributed by atoms with Crippen molar-refractivity contribution >= 4 is 12.3 Å². The Morgan fingerprint density at radius 2 is 2.11 bits per heavy atom. The second-order valence-corrected chi connectivity index (χ2v) is 5.36. The summed E-state index contributed by atoms with van der Waals surface area (Å²) in [6.45, 7) is 5.30. The maximum atomic E-state index is 11.7. The molecule has 0 heterocycles. The maximum absolute atomic E-state index is 11.7. The van der Waals surface area contributed by atoms with Crippen LogP contribution in [0.15, 0.2) is 18.2 Å². The molecule has 0 radical (unpaired) electrons. The number of carbonyl (C=O) groups is 2. The van der Waals surface area contributed by atoms with Gasteiger partial charge in [-0.05, 0) is 44.9 Å². The van der Waals surface area contributed by atoms with Gasteiger partial charge in [0.25, 0.3) is 0 Å². The molecule has 0 aliphatic heterocycles. The van der Waals surface area contributed by atoms with Crippen molar-refractivity contribution in [1.29, 1.82) is 0 Å². The van der Waals surface area contributed by atoms with Gasteiger partial charge in [-0.25, -0.2) is 0 Å². The van der Waals surface area contributed by atoms with Crippen LogP contribution in [0.3, 0.4) is 0 Å². The molecule has 0 spiro atoms. The van der Waals surface area contributed by atoms with Crippen LogP contribution < -0.4 is 5.73 Å². The SMILES string of the molecule is CC(C)(C)OC(=O)[C@@H](N)Cc1ccc(O)c(C=O)c1. The number of aldehydes is 1. The Hall–Kier alpha value is -1.88. The van der Waals surface area contributed by atoms with E-state index in [2.05, 4.69) is 0 Å². The van der Waals surface area contributed by atoms with Gasteiger partial charge in [0.05, 0.1) is 5.56 Å². The van der Waals surface area contributed by atoms with Crippen LogP contribution in [0, 0.1) is 0 Å². The molecule has 0 fully saturated rings. The van der Waals surface area contributed by atoms with Gasteiger partial charge >= 0.3 is 5.97 Å².